The van der Waals surface area contributed by atoms with Crippen LogP contribution in [0, 0.1) is 11.8 Å². The number of amides is 1. The zero-order valence-corrected chi connectivity index (χ0v) is 22.8. The molecular weight excluding hydrogens is 528 g/mol. The van der Waals surface area contributed by atoms with Crippen LogP contribution < -0.4 is 5.73 Å². The molecule has 0 aromatic heterocycles. The number of rotatable bonds is 7. The topological polar surface area (TPSA) is 188 Å². The summed E-state index contributed by atoms with van der Waals surface area (Å²) in [4.78, 5) is 53.8. The second-order valence-corrected chi connectivity index (χ2v) is 11.4. The van der Waals surface area contributed by atoms with E-state index in [1.807, 2.05) is 6.92 Å². The van der Waals surface area contributed by atoms with E-state index in [0.717, 1.165) is 19.1 Å². The summed E-state index contributed by atoms with van der Waals surface area (Å²) >= 11 is 1.55. The number of nitrogens with zero attached hydrogens (tertiary/aromatic N) is 1. The number of carbonyl (C=O) groups excluding carboxylic acids is 4. The molecule has 12 heteroatoms. The second kappa shape index (κ2) is 10.3. The van der Waals surface area contributed by atoms with Gasteiger partial charge in [-0.15, -0.1) is 0 Å². The van der Waals surface area contributed by atoms with Crippen LogP contribution >= 0.6 is 11.8 Å². The Balaban J connectivity index is 2.10. The molecule has 0 radical (unpaired) electrons. The average molecular weight is 561 g/mol. The molecule has 11 nitrogen and oxygen atoms in total. The van der Waals surface area contributed by atoms with Gasteiger partial charge in [0.15, 0.2) is 11.4 Å². The van der Waals surface area contributed by atoms with Gasteiger partial charge in [0, 0.05) is 30.1 Å². The number of primary amides is 1. The van der Waals surface area contributed by atoms with Crippen LogP contribution in [0.15, 0.2) is 35.1 Å². The molecule has 6 atom stereocenters. The number of thioether (sulfide) groups is 1. The molecular formula is C27H32N2O9S. The lowest BCUT2D eigenvalue weighted by Gasteiger charge is -2.54. The number of nitrogens with two attached hydrogens (primary N) is 1. The first-order valence-corrected chi connectivity index (χ1v) is 13.7. The highest BCUT2D eigenvalue weighted by Crippen LogP contribution is 2.57. The van der Waals surface area contributed by atoms with Gasteiger partial charge in [-0.25, -0.2) is 0 Å². The molecule has 1 saturated carbocycles. The third-order valence-electron chi connectivity index (χ3n) is 7.72. The lowest BCUT2D eigenvalue weighted by Crippen LogP contribution is -2.71. The minimum absolute atomic E-state index is 0.0162. The van der Waals surface area contributed by atoms with E-state index < -0.39 is 76.0 Å². The van der Waals surface area contributed by atoms with Crippen LogP contribution in [0.4, 0.5) is 0 Å². The number of esters is 1. The molecule has 3 aliphatic carbocycles. The third-order valence-corrected chi connectivity index (χ3v) is 9.01. The largest absolute Gasteiger partial charge is 0.508 e. The number of hydrogen-bond acceptors (Lipinski definition) is 11. The number of likely N-dealkylation sites (N-methyl/N-ethyl adjacent to an activating group) is 1. The molecule has 0 aliphatic heterocycles. The molecule has 39 heavy (non-hydrogen) atoms. The number of phenolic OH excluding ortho intramolecular Hbond substituents is 1. The van der Waals surface area contributed by atoms with Crippen LogP contribution in [-0.2, 0) is 23.9 Å². The number of aromatic hydroxyl groups is 1. The number of Topliss-reactive ketones (excluding diaryl/α,β-unsaturated/α-hetero) is 2. The number of aliphatic hydroxyl groups is 3. The van der Waals surface area contributed by atoms with Crippen molar-refractivity contribution < 1.29 is 44.3 Å². The fraction of sp³-hybridized carbons (Fsp3) is 0.481. The van der Waals surface area contributed by atoms with Gasteiger partial charge in [0.25, 0.3) is 5.91 Å². The maximum Gasteiger partial charge on any atom is 0.302 e. The molecule has 1 aromatic carbocycles. The highest BCUT2D eigenvalue weighted by atomic mass is 32.2. The van der Waals surface area contributed by atoms with Gasteiger partial charge in [0.1, 0.15) is 28.9 Å². The van der Waals surface area contributed by atoms with E-state index in [1.165, 1.54) is 25.1 Å². The van der Waals surface area contributed by atoms with Crippen molar-refractivity contribution in [3.05, 3.63) is 46.2 Å². The van der Waals surface area contributed by atoms with Crippen molar-refractivity contribution in [1.29, 1.82) is 0 Å². The van der Waals surface area contributed by atoms with E-state index in [-0.39, 0.29) is 16.9 Å². The molecule has 210 valence electrons. The summed E-state index contributed by atoms with van der Waals surface area (Å²) in [5, 5.41) is 45.2. The lowest BCUT2D eigenvalue weighted by atomic mass is 9.54. The van der Waals surface area contributed by atoms with Gasteiger partial charge < -0.3 is 30.9 Å². The van der Waals surface area contributed by atoms with Crippen LogP contribution in [-0.4, -0.2) is 92.1 Å². The first-order valence-electron chi connectivity index (χ1n) is 12.5. The maximum absolute atomic E-state index is 14.2. The Morgan fingerprint density at radius 1 is 1.18 bits per heavy atom. The summed E-state index contributed by atoms with van der Waals surface area (Å²) in [6.45, 7) is 3.12. The summed E-state index contributed by atoms with van der Waals surface area (Å²) in [5.41, 5.74) is 1.59. The van der Waals surface area contributed by atoms with Gasteiger partial charge in [-0.3, -0.25) is 24.1 Å². The van der Waals surface area contributed by atoms with Crippen molar-refractivity contribution in [2.24, 2.45) is 17.6 Å². The van der Waals surface area contributed by atoms with Gasteiger partial charge in [-0.2, -0.15) is 11.8 Å². The average Bonchev–Trinajstić information content (AvgIpc) is 2.84. The van der Waals surface area contributed by atoms with Crippen molar-refractivity contribution in [1.82, 2.24) is 4.90 Å². The third kappa shape index (κ3) is 4.21. The SMILES string of the molecule is CCCSC[C@H]1c2cccc(O)c2C(O)=C2C(=O)[C@]3(O)C(O)=C(C(N)=O)C(=O)[C@@H](N(C)C)[C@@H]3[C@@H](OC(C)=O)[C@@H]21. The standard InChI is InChI=1S/C27H32N2O9S/c1-5-9-39-10-13-12-7-6-8-14(31)15(12)21(32)17-16(13)23(38-11(2)30)19-20(29(3)4)22(33)18(26(28)36)25(35)27(19,37)24(17)34/h6-8,13,16,19-20,23,31-32,35,37H,5,9-10H2,1-4H3,(H2,28,36)/t13-,16+,19+,20-,23-,27-/m0/s1. The van der Waals surface area contributed by atoms with Crippen molar-refractivity contribution in [3.8, 4) is 5.75 Å². The summed E-state index contributed by atoms with van der Waals surface area (Å²) in [7, 11) is 2.95. The fourth-order valence-electron chi connectivity index (χ4n) is 6.25. The minimum atomic E-state index is -2.95. The number of fused-ring (bicyclic) bond motifs is 3. The van der Waals surface area contributed by atoms with E-state index in [0.29, 0.717) is 11.3 Å². The van der Waals surface area contributed by atoms with Gasteiger partial charge in [0.2, 0.25) is 5.78 Å². The highest BCUT2D eigenvalue weighted by molar-refractivity contribution is 7.99. The predicted molar refractivity (Wildman–Crippen MR) is 142 cm³/mol. The molecule has 1 aromatic rings. The summed E-state index contributed by atoms with van der Waals surface area (Å²) in [6.07, 6.45) is -0.554. The molecule has 0 spiro atoms. The number of ketones is 2. The first kappa shape index (κ1) is 28.7. The highest BCUT2D eigenvalue weighted by Gasteiger charge is 2.69. The van der Waals surface area contributed by atoms with Crippen LogP contribution in [0.1, 0.15) is 37.3 Å². The normalized spacial score (nSPS) is 30.2. The Morgan fingerprint density at radius 3 is 2.41 bits per heavy atom. The Labute approximate surface area is 229 Å². The van der Waals surface area contributed by atoms with Gasteiger partial charge in [-0.1, -0.05) is 19.1 Å². The molecule has 0 unspecified atom stereocenters. The van der Waals surface area contributed by atoms with Gasteiger partial charge in [0.05, 0.1) is 17.5 Å². The quantitative estimate of drug-likeness (QED) is 0.183. The van der Waals surface area contributed by atoms with Crippen LogP contribution in [0.5, 0.6) is 5.75 Å². The summed E-state index contributed by atoms with van der Waals surface area (Å²) in [6, 6.07) is 3.21. The van der Waals surface area contributed by atoms with Gasteiger partial charge in [-0.05, 0) is 37.9 Å². The van der Waals surface area contributed by atoms with E-state index in [9.17, 15) is 39.6 Å². The van der Waals surface area contributed by atoms with Crippen LogP contribution in [0.3, 0.4) is 0 Å². The second-order valence-electron chi connectivity index (χ2n) is 10.3. The molecule has 6 N–H and O–H groups in total. The molecule has 4 rings (SSSR count). The minimum Gasteiger partial charge on any atom is -0.508 e. The lowest BCUT2D eigenvalue weighted by molar-refractivity contribution is -0.184. The number of benzene rings is 1. The zero-order chi connectivity index (χ0) is 29.0. The molecule has 1 amide bonds. The Hall–Kier alpha value is -3.35. The Morgan fingerprint density at radius 2 is 1.85 bits per heavy atom. The Bertz CT molecular complexity index is 1320. The number of aliphatic hydroxyl groups excluding tert-OH is 2. The van der Waals surface area contributed by atoms with Crippen LogP contribution in [0.2, 0.25) is 0 Å². The van der Waals surface area contributed by atoms with Crippen molar-refractivity contribution in [2.45, 2.75) is 43.9 Å². The summed E-state index contributed by atoms with van der Waals surface area (Å²) in [5.74, 6) is -8.54. The van der Waals surface area contributed by atoms with Crippen molar-refractivity contribution in [2.75, 3.05) is 25.6 Å². The van der Waals surface area contributed by atoms with E-state index in [2.05, 4.69) is 0 Å². The predicted octanol–water partition coefficient (Wildman–Crippen LogP) is 1.19. The molecule has 3 aliphatic rings. The smallest absolute Gasteiger partial charge is 0.302 e. The zero-order valence-electron chi connectivity index (χ0n) is 22.0. The molecule has 0 heterocycles. The van der Waals surface area contributed by atoms with Crippen molar-refractivity contribution >= 4 is 41.0 Å². The first-order chi connectivity index (χ1) is 18.3. The van der Waals surface area contributed by atoms with E-state index in [1.54, 1.807) is 23.9 Å². The fourth-order valence-corrected chi connectivity index (χ4v) is 7.35. The van der Waals surface area contributed by atoms with Gasteiger partial charge >= 0.3 is 5.97 Å². The van der Waals surface area contributed by atoms with Crippen LogP contribution in [0.25, 0.3) is 5.76 Å². The van der Waals surface area contributed by atoms with Crippen molar-refractivity contribution in [3.63, 3.8) is 0 Å². The number of carbonyl (C=O) groups is 4. The molecule has 0 bridgehead atoms. The summed E-state index contributed by atoms with van der Waals surface area (Å²) < 4.78 is 5.75. The maximum atomic E-state index is 14.2. The molecule has 1 fully saturated rings. The number of hydrogen-bond donors (Lipinski definition) is 5. The Kier molecular flexibility index (Phi) is 7.58. The molecule has 0 saturated heterocycles. The van der Waals surface area contributed by atoms with E-state index in [4.69, 9.17) is 10.5 Å². The number of phenols is 1. The monoisotopic (exact) mass is 560 g/mol. The van der Waals surface area contributed by atoms with E-state index >= 15 is 0 Å². The number of ether oxygens (including phenoxy) is 1.